The Morgan fingerprint density at radius 1 is 1.55 bits per heavy atom. The summed E-state index contributed by atoms with van der Waals surface area (Å²) in [6.45, 7) is 0. The Kier molecular flexibility index (Phi) is 4.67. The minimum atomic E-state index is -2.35. The molecule has 1 aromatic heterocycles. The van der Waals surface area contributed by atoms with Gasteiger partial charge >= 0.3 is 5.76 Å². The Labute approximate surface area is 78.1 Å². The van der Waals surface area contributed by atoms with Crippen LogP contribution in [0, 0.1) is 0 Å². The highest BCUT2D eigenvalue weighted by Gasteiger charge is 2.09. The van der Waals surface area contributed by atoms with E-state index in [0.29, 0.717) is 11.9 Å². The summed E-state index contributed by atoms with van der Waals surface area (Å²) in [5.74, 6) is -2.35. The monoisotopic (exact) mass is 244 g/mol. The van der Waals surface area contributed by atoms with Crippen molar-refractivity contribution in [2.45, 2.75) is 5.76 Å². The van der Waals surface area contributed by atoms with Gasteiger partial charge in [-0.2, -0.15) is 12.8 Å². The summed E-state index contributed by atoms with van der Waals surface area (Å²) in [6.07, 6.45) is 4.86. The van der Waals surface area contributed by atoms with E-state index in [2.05, 4.69) is 0 Å². The van der Waals surface area contributed by atoms with E-state index in [1.807, 2.05) is 0 Å². The third kappa shape index (κ3) is 3.71. The topological polar surface area (TPSA) is 8.81 Å². The van der Waals surface area contributed by atoms with Crippen molar-refractivity contribution >= 4 is 11.9 Å². The number of hydrogen-bond acceptors (Lipinski definition) is 1. The molecule has 1 heterocycles. The van der Waals surface area contributed by atoms with Crippen molar-refractivity contribution in [3.63, 3.8) is 0 Å². The van der Waals surface area contributed by atoms with Gasteiger partial charge in [0.05, 0.1) is 7.05 Å². The summed E-state index contributed by atoms with van der Waals surface area (Å²) in [5, 5.41) is 0. The van der Waals surface area contributed by atoms with Crippen LogP contribution in [-0.4, -0.2) is 10.3 Å². The molecule has 2 nitrogen and oxygen atoms in total. The quantitative estimate of drug-likeness (QED) is 0.549. The van der Waals surface area contributed by atoms with Gasteiger partial charge in [-0.1, -0.05) is 0 Å². The maximum Gasteiger partial charge on any atom is 0.323 e. The number of hydrogen-bond donors (Lipinski definition) is 0. The fourth-order valence-electron chi connectivity index (χ4n) is 0.582. The van der Waals surface area contributed by atoms with E-state index in [0.717, 1.165) is 0 Å². The van der Waals surface area contributed by atoms with Crippen LogP contribution in [0.5, 0.6) is 0 Å². The first-order valence-corrected chi connectivity index (χ1v) is 3.50. The van der Waals surface area contributed by atoms with Gasteiger partial charge in [0.1, 0.15) is 24.3 Å². The smallest absolute Gasteiger partial charge is 0.323 e. The molecule has 0 saturated heterocycles. The molecule has 0 fully saturated rings. The summed E-state index contributed by atoms with van der Waals surface area (Å²) >= 11 is 0.482. The van der Waals surface area contributed by atoms with Crippen LogP contribution in [0.2, 0.25) is 0 Å². The zero-order chi connectivity index (χ0) is 7.56. The molecule has 0 atom stereocenters. The van der Waals surface area contributed by atoms with E-state index < -0.39 is 5.76 Å². The van der Waals surface area contributed by atoms with Crippen LogP contribution in [0.3, 0.4) is 0 Å². The van der Waals surface area contributed by atoms with Crippen LogP contribution < -0.4 is 21.0 Å². The van der Waals surface area contributed by atoms with Gasteiger partial charge in [0.25, 0.3) is 6.33 Å². The molecule has 11 heavy (non-hydrogen) atoms. The Balaban J connectivity index is 0.000001000. The van der Waals surface area contributed by atoms with Crippen molar-refractivity contribution in [2.24, 2.45) is 7.05 Å². The highest BCUT2D eigenvalue weighted by atomic mass is 79.9. The second kappa shape index (κ2) is 4.71. The lowest BCUT2D eigenvalue weighted by molar-refractivity contribution is -0.496. The molecule has 1 aromatic rings. The molecular formula is C5H7BrF2N2S. The third-order valence-electron chi connectivity index (χ3n) is 0.946. The molecule has 1 rings (SSSR count). The summed E-state index contributed by atoms with van der Waals surface area (Å²) in [4.78, 5) is 0. The van der Waals surface area contributed by atoms with Gasteiger partial charge in [-0.25, -0.2) is 4.57 Å². The van der Waals surface area contributed by atoms with Gasteiger partial charge in [0.2, 0.25) is 0 Å². The number of aryl methyl sites for hydroxylation is 1. The average Bonchev–Trinajstić information content (AvgIpc) is 2.13. The van der Waals surface area contributed by atoms with E-state index in [9.17, 15) is 8.78 Å². The van der Waals surface area contributed by atoms with E-state index >= 15 is 0 Å². The number of imidazole rings is 1. The first-order chi connectivity index (χ1) is 4.68. The minimum Gasteiger partial charge on any atom is -1.00 e. The van der Waals surface area contributed by atoms with Gasteiger partial charge in [-0.05, 0) is 0 Å². The Bertz CT molecular complexity index is 216. The van der Waals surface area contributed by atoms with E-state index in [-0.39, 0.29) is 17.0 Å². The lowest BCUT2D eigenvalue weighted by Crippen LogP contribution is -3.00. The molecule has 0 aliphatic rings. The summed E-state index contributed by atoms with van der Waals surface area (Å²) in [5.41, 5.74) is 0. The zero-order valence-electron chi connectivity index (χ0n) is 5.75. The molecule has 0 aliphatic carbocycles. The molecule has 0 N–H and O–H groups in total. The second-order valence-electron chi connectivity index (χ2n) is 1.81. The van der Waals surface area contributed by atoms with Crippen molar-refractivity contribution in [2.75, 3.05) is 0 Å². The molecule has 64 valence electrons. The standard InChI is InChI=1S/C5H7F2N2S.BrH/c1-8-2-3-9(4-8)10-5(6)7;/h2-5H,1H3;1H/q+1;/p-1. The lowest BCUT2D eigenvalue weighted by Gasteiger charge is -1.88. The Morgan fingerprint density at radius 3 is 2.55 bits per heavy atom. The van der Waals surface area contributed by atoms with E-state index in [1.165, 1.54) is 3.97 Å². The number of nitrogens with zero attached hydrogens (tertiary/aromatic N) is 2. The molecule has 0 aromatic carbocycles. The highest BCUT2D eigenvalue weighted by molar-refractivity contribution is 7.93. The van der Waals surface area contributed by atoms with Crippen molar-refractivity contribution < 1.29 is 29.7 Å². The van der Waals surface area contributed by atoms with Crippen LogP contribution in [0.15, 0.2) is 18.7 Å². The van der Waals surface area contributed by atoms with Crippen LogP contribution in [-0.2, 0) is 7.05 Å². The van der Waals surface area contributed by atoms with Gasteiger partial charge in [0.15, 0.2) is 0 Å². The Hall–Kier alpha value is -0.100. The molecule has 0 unspecified atom stereocenters. The SMILES string of the molecule is Cn1cc[n+](SC(F)F)c1.[Br-]. The normalized spacial score (nSPS) is 9.82. The van der Waals surface area contributed by atoms with Gasteiger partial charge < -0.3 is 17.0 Å². The predicted molar refractivity (Wildman–Crippen MR) is 34.6 cm³/mol. The van der Waals surface area contributed by atoms with E-state index in [4.69, 9.17) is 0 Å². The van der Waals surface area contributed by atoms with Crippen LogP contribution >= 0.6 is 11.9 Å². The second-order valence-corrected chi connectivity index (χ2v) is 2.79. The summed E-state index contributed by atoms with van der Waals surface area (Å²) in [7, 11) is 1.78. The predicted octanol–water partition coefficient (Wildman–Crippen LogP) is -1.96. The first kappa shape index (κ1) is 10.9. The van der Waals surface area contributed by atoms with Crippen LogP contribution in [0.25, 0.3) is 0 Å². The fraction of sp³-hybridized carbons (Fsp3) is 0.400. The average molecular weight is 245 g/mol. The van der Waals surface area contributed by atoms with Gasteiger partial charge in [-0.3, -0.25) is 0 Å². The number of halogens is 3. The van der Waals surface area contributed by atoms with Crippen molar-refractivity contribution in [1.29, 1.82) is 0 Å². The van der Waals surface area contributed by atoms with Gasteiger partial charge in [-0.15, -0.1) is 0 Å². The van der Waals surface area contributed by atoms with Crippen LogP contribution in [0.4, 0.5) is 8.78 Å². The molecule has 0 saturated carbocycles. The molecule has 0 aliphatic heterocycles. The third-order valence-corrected chi connectivity index (χ3v) is 1.56. The van der Waals surface area contributed by atoms with Crippen molar-refractivity contribution in [1.82, 2.24) is 4.57 Å². The first-order valence-electron chi connectivity index (χ1n) is 2.67. The highest BCUT2D eigenvalue weighted by Crippen LogP contribution is 2.07. The number of aromatic nitrogens is 2. The Morgan fingerprint density at radius 2 is 2.18 bits per heavy atom. The molecule has 0 bridgehead atoms. The molecule has 0 spiro atoms. The lowest BCUT2D eigenvalue weighted by atomic mass is 10.9. The van der Waals surface area contributed by atoms with Crippen LogP contribution in [0.1, 0.15) is 0 Å². The molecule has 6 heteroatoms. The maximum absolute atomic E-state index is 11.7. The summed E-state index contributed by atoms with van der Waals surface area (Å²) in [6, 6.07) is 0. The fourth-order valence-corrected chi connectivity index (χ4v) is 1.09. The van der Waals surface area contributed by atoms with Gasteiger partial charge in [0, 0.05) is 0 Å². The summed E-state index contributed by atoms with van der Waals surface area (Å²) < 4.78 is 26.4. The molecule has 0 radical (unpaired) electrons. The van der Waals surface area contributed by atoms with Crippen molar-refractivity contribution in [3.8, 4) is 0 Å². The number of rotatable bonds is 2. The zero-order valence-corrected chi connectivity index (χ0v) is 8.15. The molecular weight excluding hydrogens is 238 g/mol. The van der Waals surface area contributed by atoms with Crippen molar-refractivity contribution in [3.05, 3.63) is 18.7 Å². The maximum atomic E-state index is 11.7. The minimum absolute atomic E-state index is 0. The largest absolute Gasteiger partial charge is 1.00 e. The number of alkyl halides is 2. The van der Waals surface area contributed by atoms with E-state index in [1.54, 1.807) is 30.3 Å². The molecule has 0 amide bonds.